The van der Waals surface area contributed by atoms with Gasteiger partial charge in [-0.05, 0) is 32.4 Å². The summed E-state index contributed by atoms with van der Waals surface area (Å²) in [5.41, 5.74) is 0. The first-order chi connectivity index (χ1) is 6.38. The molecule has 1 fully saturated rings. The molecular formula is C11H20N2. The molecule has 13 heavy (non-hydrogen) atoms. The predicted octanol–water partition coefficient (Wildman–Crippen LogP) is 2.55. The molecule has 1 saturated heterocycles. The highest BCUT2D eigenvalue weighted by molar-refractivity contribution is 4.91. The van der Waals surface area contributed by atoms with Crippen molar-refractivity contribution >= 4 is 0 Å². The lowest BCUT2D eigenvalue weighted by Gasteiger charge is -2.24. The Morgan fingerprint density at radius 1 is 1.23 bits per heavy atom. The Morgan fingerprint density at radius 3 is 2.31 bits per heavy atom. The molecule has 74 valence electrons. The molecular weight excluding hydrogens is 160 g/mol. The molecule has 0 saturated carbocycles. The number of rotatable bonds is 3. The summed E-state index contributed by atoms with van der Waals surface area (Å²) in [6, 6.07) is 2.61. The lowest BCUT2D eigenvalue weighted by Crippen LogP contribution is -2.34. The quantitative estimate of drug-likeness (QED) is 0.667. The molecule has 0 radical (unpaired) electrons. The van der Waals surface area contributed by atoms with Gasteiger partial charge in [0.15, 0.2) is 0 Å². The van der Waals surface area contributed by atoms with Crippen LogP contribution in [0.15, 0.2) is 0 Å². The maximum absolute atomic E-state index is 9.01. The highest BCUT2D eigenvalue weighted by Crippen LogP contribution is 2.14. The van der Waals surface area contributed by atoms with Crippen LogP contribution in [0.3, 0.4) is 0 Å². The highest BCUT2D eigenvalue weighted by atomic mass is 15.1. The SMILES string of the molecule is CCCC(C#N)N1CCCCCC1. The van der Waals surface area contributed by atoms with Crippen LogP contribution >= 0.6 is 0 Å². The largest absolute Gasteiger partial charge is 0.288 e. The number of hydrogen-bond donors (Lipinski definition) is 0. The Morgan fingerprint density at radius 2 is 1.85 bits per heavy atom. The average molecular weight is 180 g/mol. The van der Waals surface area contributed by atoms with Crippen LogP contribution in [-0.4, -0.2) is 24.0 Å². The van der Waals surface area contributed by atoms with Gasteiger partial charge in [-0.3, -0.25) is 4.90 Å². The lowest BCUT2D eigenvalue weighted by atomic mass is 10.1. The Kier molecular flexibility index (Phi) is 4.85. The fraction of sp³-hybridized carbons (Fsp3) is 0.909. The first-order valence-electron chi connectivity index (χ1n) is 5.52. The minimum absolute atomic E-state index is 0.183. The minimum atomic E-state index is 0.183. The molecule has 1 heterocycles. The number of nitriles is 1. The summed E-state index contributed by atoms with van der Waals surface area (Å²) in [5, 5.41) is 9.01. The lowest BCUT2D eigenvalue weighted by molar-refractivity contribution is 0.233. The molecule has 1 aliphatic rings. The number of hydrogen-bond acceptors (Lipinski definition) is 2. The van der Waals surface area contributed by atoms with Crippen molar-refractivity contribution in [3.05, 3.63) is 0 Å². The maximum atomic E-state index is 9.01. The van der Waals surface area contributed by atoms with Crippen molar-refractivity contribution in [1.82, 2.24) is 4.90 Å². The van der Waals surface area contributed by atoms with E-state index in [4.69, 9.17) is 5.26 Å². The van der Waals surface area contributed by atoms with Crippen molar-refractivity contribution in [3.8, 4) is 6.07 Å². The summed E-state index contributed by atoms with van der Waals surface area (Å²) in [6.45, 7) is 4.43. The zero-order valence-electron chi connectivity index (χ0n) is 8.63. The Labute approximate surface area is 81.5 Å². The van der Waals surface area contributed by atoms with Crippen LogP contribution < -0.4 is 0 Å². The van der Waals surface area contributed by atoms with Gasteiger partial charge in [0.25, 0.3) is 0 Å². The molecule has 0 aromatic heterocycles. The van der Waals surface area contributed by atoms with Crippen LogP contribution in [0.4, 0.5) is 0 Å². The summed E-state index contributed by atoms with van der Waals surface area (Å²) in [4.78, 5) is 2.37. The highest BCUT2D eigenvalue weighted by Gasteiger charge is 2.17. The third-order valence-corrected chi connectivity index (χ3v) is 2.79. The van der Waals surface area contributed by atoms with Gasteiger partial charge in [-0.2, -0.15) is 5.26 Å². The molecule has 2 nitrogen and oxygen atoms in total. The third kappa shape index (κ3) is 3.36. The van der Waals surface area contributed by atoms with Gasteiger partial charge < -0.3 is 0 Å². The fourth-order valence-electron chi connectivity index (χ4n) is 2.01. The Balaban J connectivity index is 2.41. The van der Waals surface area contributed by atoms with E-state index < -0.39 is 0 Å². The molecule has 0 aliphatic carbocycles. The first kappa shape index (κ1) is 10.5. The van der Waals surface area contributed by atoms with Crippen LogP contribution in [0.1, 0.15) is 45.4 Å². The van der Waals surface area contributed by atoms with Gasteiger partial charge >= 0.3 is 0 Å². The second-order valence-corrected chi connectivity index (χ2v) is 3.88. The molecule has 1 rings (SSSR count). The van der Waals surface area contributed by atoms with Crippen molar-refractivity contribution in [1.29, 1.82) is 5.26 Å². The summed E-state index contributed by atoms with van der Waals surface area (Å²) >= 11 is 0. The smallest absolute Gasteiger partial charge is 0.0977 e. The molecule has 0 aromatic rings. The van der Waals surface area contributed by atoms with Gasteiger partial charge in [0.2, 0.25) is 0 Å². The molecule has 1 aliphatic heterocycles. The average Bonchev–Trinajstić information content (AvgIpc) is 2.42. The van der Waals surface area contributed by atoms with Gasteiger partial charge in [0.05, 0.1) is 12.1 Å². The predicted molar refractivity (Wildman–Crippen MR) is 54.4 cm³/mol. The first-order valence-corrected chi connectivity index (χ1v) is 5.52. The van der Waals surface area contributed by atoms with Crippen LogP contribution in [0.2, 0.25) is 0 Å². The normalized spacial score (nSPS) is 21.8. The van der Waals surface area contributed by atoms with Crippen LogP contribution in [0, 0.1) is 11.3 Å². The molecule has 0 bridgehead atoms. The topological polar surface area (TPSA) is 27.0 Å². The van der Waals surface area contributed by atoms with Crippen molar-refractivity contribution in [2.75, 3.05) is 13.1 Å². The maximum Gasteiger partial charge on any atom is 0.0977 e. The van der Waals surface area contributed by atoms with E-state index in [1.54, 1.807) is 0 Å². The van der Waals surface area contributed by atoms with E-state index in [0.29, 0.717) is 0 Å². The Hall–Kier alpha value is -0.550. The van der Waals surface area contributed by atoms with E-state index in [2.05, 4.69) is 17.9 Å². The van der Waals surface area contributed by atoms with Crippen molar-refractivity contribution in [2.45, 2.75) is 51.5 Å². The van der Waals surface area contributed by atoms with Gasteiger partial charge in [0.1, 0.15) is 0 Å². The Bertz CT molecular complexity index is 163. The van der Waals surface area contributed by atoms with E-state index in [0.717, 1.165) is 25.9 Å². The summed E-state index contributed by atoms with van der Waals surface area (Å²) in [6.07, 6.45) is 7.41. The van der Waals surface area contributed by atoms with E-state index in [1.165, 1.54) is 25.7 Å². The van der Waals surface area contributed by atoms with Crippen molar-refractivity contribution in [3.63, 3.8) is 0 Å². The zero-order chi connectivity index (χ0) is 9.52. The number of likely N-dealkylation sites (tertiary alicyclic amines) is 1. The van der Waals surface area contributed by atoms with Gasteiger partial charge in [-0.25, -0.2) is 0 Å². The van der Waals surface area contributed by atoms with E-state index in [1.807, 2.05) is 0 Å². The van der Waals surface area contributed by atoms with Gasteiger partial charge in [0, 0.05) is 0 Å². The van der Waals surface area contributed by atoms with Crippen molar-refractivity contribution in [2.24, 2.45) is 0 Å². The molecule has 0 spiro atoms. The summed E-state index contributed by atoms with van der Waals surface area (Å²) < 4.78 is 0. The van der Waals surface area contributed by atoms with E-state index in [9.17, 15) is 0 Å². The summed E-state index contributed by atoms with van der Waals surface area (Å²) in [7, 11) is 0. The third-order valence-electron chi connectivity index (χ3n) is 2.79. The van der Waals surface area contributed by atoms with Gasteiger partial charge in [-0.15, -0.1) is 0 Å². The summed E-state index contributed by atoms with van der Waals surface area (Å²) in [5.74, 6) is 0. The zero-order valence-corrected chi connectivity index (χ0v) is 8.63. The minimum Gasteiger partial charge on any atom is -0.288 e. The second kappa shape index (κ2) is 5.99. The molecule has 1 unspecified atom stereocenters. The molecule has 0 N–H and O–H groups in total. The van der Waals surface area contributed by atoms with Crippen LogP contribution in [0.5, 0.6) is 0 Å². The van der Waals surface area contributed by atoms with Crippen molar-refractivity contribution < 1.29 is 0 Å². The number of nitrogens with zero attached hydrogens (tertiary/aromatic N) is 2. The fourth-order valence-corrected chi connectivity index (χ4v) is 2.01. The van der Waals surface area contributed by atoms with Crippen LogP contribution in [0.25, 0.3) is 0 Å². The molecule has 1 atom stereocenters. The van der Waals surface area contributed by atoms with Gasteiger partial charge in [-0.1, -0.05) is 26.2 Å². The molecule has 0 amide bonds. The van der Waals surface area contributed by atoms with E-state index in [-0.39, 0.29) is 6.04 Å². The monoisotopic (exact) mass is 180 g/mol. The molecule has 0 aromatic carbocycles. The molecule has 2 heteroatoms. The van der Waals surface area contributed by atoms with E-state index >= 15 is 0 Å². The second-order valence-electron chi connectivity index (χ2n) is 3.88. The standard InChI is InChI=1S/C11H20N2/c1-2-7-11(10-12)13-8-5-3-4-6-9-13/h11H,2-9H2,1H3. The van der Waals surface area contributed by atoms with Crippen LogP contribution in [-0.2, 0) is 0 Å².